The Balaban J connectivity index is 2.94. The van der Waals surface area contributed by atoms with Gasteiger partial charge in [0.25, 0.3) is 0 Å². The largest absolute Gasteiger partial charge is 0.388 e. The van der Waals surface area contributed by atoms with E-state index in [2.05, 4.69) is 5.32 Å². The minimum absolute atomic E-state index is 0.877. The second-order valence-electron chi connectivity index (χ2n) is 1.78. The molecule has 0 fully saturated rings. The van der Waals surface area contributed by atoms with Crippen LogP contribution in [0.3, 0.4) is 0 Å². The van der Waals surface area contributed by atoms with Gasteiger partial charge in [0.15, 0.2) is 0 Å². The maximum atomic E-state index is 4.93. The maximum absolute atomic E-state index is 4.93. The summed E-state index contributed by atoms with van der Waals surface area (Å²) in [6.07, 6.45) is 0. The average Bonchev–Trinajstić information content (AvgIpc) is 1.88. The van der Waals surface area contributed by atoms with Gasteiger partial charge < -0.3 is 5.32 Å². The van der Waals surface area contributed by atoms with Crippen LogP contribution in [-0.2, 0) is 0 Å². The third kappa shape index (κ3) is 1.57. The molecule has 0 amide bonds. The van der Waals surface area contributed by atoms with Gasteiger partial charge in [-0.1, -0.05) is 18.7 Å². The molecule has 0 saturated heterocycles. The molecule has 0 saturated carbocycles. The molecule has 0 aromatic heterocycles. The summed E-state index contributed by atoms with van der Waals surface area (Å²) in [6.45, 7) is 0. The van der Waals surface area contributed by atoms with Gasteiger partial charge >= 0.3 is 0 Å². The van der Waals surface area contributed by atoms with Crippen LogP contribution in [0.15, 0.2) is 29.2 Å². The Morgan fingerprint density at radius 2 is 2.22 bits per heavy atom. The predicted octanol–water partition coefficient (Wildman–Crippen LogP) is 2.28. The molecule has 0 heterocycles. The highest BCUT2D eigenvalue weighted by Gasteiger charge is 1.86. The van der Waals surface area contributed by atoms with Gasteiger partial charge in [-0.3, -0.25) is 0 Å². The first-order valence-corrected chi connectivity index (χ1v) is 3.18. The molecule has 1 N–H and O–H groups in total. The van der Waals surface area contributed by atoms with E-state index in [4.69, 9.17) is 12.6 Å². The van der Waals surface area contributed by atoms with Crippen LogP contribution in [0.25, 0.3) is 0 Å². The number of benzene rings is 1. The molecule has 1 rings (SSSR count). The van der Waals surface area contributed by atoms with Gasteiger partial charge in [-0.2, -0.15) is 0 Å². The van der Waals surface area contributed by atoms with Crippen LogP contribution < -0.4 is 5.32 Å². The van der Waals surface area contributed by atoms with Crippen molar-refractivity contribution in [1.29, 1.82) is 0 Å². The normalized spacial score (nSPS) is 9.00. The fourth-order valence-electron chi connectivity index (χ4n) is 0.652. The zero-order chi connectivity index (χ0) is 6.69. The Labute approximate surface area is 60.5 Å². The minimum Gasteiger partial charge on any atom is -0.388 e. The van der Waals surface area contributed by atoms with E-state index in [1.54, 1.807) is 0 Å². The number of nitrogens with one attached hydrogen (secondary N) is 1. The van der Waals surface area contributed by atoms with Crippen molar-refractivity contribution in [2.24, 2.45) is 0 Å². The summed E-state index contributed by atoms with van der Waals surface area (Å²) in [7, 11) is 1.88. The zero-order valence-corrected chi connectivity index (χ0v) is 6.03. The van der Waals surface area contributed by atoms with E-state index in [0.717, 1.165) is 10.6 Å². The summed E-state index contributed by atoms with van der Waals surface area (Å²) in [5.41, 5.74) is 1.07. The number of rotatable bonds is 1. The first-order valence-electron chi connectivity index (χ1n) is 2.78. The molecule has 0 aliphatic rings. The van der Waals surface area contributed by atoms with Gasteiger partial charge in [0, 0.05) is 17.6 Å². The lowest BCUT2D eigenvalue weighted by Crippen LogP contribution is -1.85. The molecule has 0 spiro atoms. The number of hydrogen-bond donors (Lipinski definition) is 1. The Morgan fingerprint density at radius 3 is 2.67 bits per heavy atom. The van der Waals surface area contributed by atoms with Gasteiger partial charge in [-0.25, -0.2) is 0 Å². The smallest absolute Gasteiger partial charge is 0.0397 e. The average molecular weight is 138 g/mol. The minimum atomic E-state index is 0.877. The van der Waals surface area contributed by atoms with E-state index >= 15 is 0 Å². The van der Waals surface area contributed by atoms with Crippen molar-refractivity contribution in [3.63, 3.8) is 0 Å². The fraction of sp³-hybridized carbons (Fsp3) is 0.143. The molecule has 47 valence electrons. The standard InChI is InChI=1S/C7H8NS/c1-8-6-3-2-4-7(9)5-6/h2-5,8H,1H3. The lowest BCUT2D eigenvalue weighted by Gasteiger charge is -1.97. The Bertz CT molecular complexity index is 198. The van der Waals surface area contributed by atoms with Gasteiger partial charge in [-0.05, 0) is 18.2 Å². The van der Waals surface area contributed by atoms with Gasteiger partial charge in [-0.15, -0.1) is 0 Å². The maximum Gasteiger partial charge on any atom is 0.0397 e. The molecule has 1 aromatic carbocycles. The Hall–Kier alpha value is -0.760. The lowest BCUT2D eigenvalue weighted by atomic mass is 10.3. The summed E-state index contributed by atoms with van der Waals surface area (Å²) in [6, 6.07) is 7.75. The summed E-state index contributed by atoms with van der Waals surface area (Å²) < 4.78 is 0. The van der Waals surface area contributed by atoms with Crippen LogP contribution in [0.1, 0.15) is 0 Å². The van der Waals surface area contributed by atoms with E-state index in [9.17, 15) is 0 Å². The molecule has 9 heavy (non-hydrogen) atoms. The molecule has 2 heteroatoms. The van der Waals surface area contributed by atoms with Crippen LogP contribution in [-0.4, -0.2) is 7.05 Å². The van der Waals surface area contributed by atoms with E-state index in [0.29, 0.717) is 0 Å². The molecule has 0 unspecified atom stereocenters. The molecule has 0 atom stereocenters. The molecule has 1 radical (unpaired) electrons. The summed E-state index contributed by atoms with van der Waals surface area (Å²) in [5, 5.41) is 3.00. The van der Waals surface area contributed by atoms with E-state index in [1.165, 1.54) is 0 Å². The third-order valence-corrected chi connectivity index (χ3v) is 1.38. The van der Waals surface area contributed by atoms with Gasteiger partial charge in [0.2, 0.25) is 0 Å². The topological polar surface area (TPSA) is 12.0 Å². The fourth-order valence-corrected chi connectivity index (χ4v) is 0.857. The van der Waals surface area contributed by atoms with Crippen LogP contribution in [0.2, 0.25) is 0 Å². The molecular weight excluding hydrogens is 130 g/mol. The van der Waals surface area contributed by atoms with Crippen molar-refractivity contribution in [3.8, 4) is 0 Å². The van der Waals surface area contributed by atoms with Crippen LogP contribution in [0, 0.1) is 0 Å². The van der Waals surface area contributed by atoms with Gasteiger partial charge in [0.05, 0.1) is 0 Å². The molecule has 1 aromatic rings. The van der Waals surface area contributed by atoms with Crippen LogP contribution >= 0.6 is 12.6 Å². The second kappa shape index (κ2) is 2.69. The Kier molecular flexibility index (Phi) is 1.90. The molecule has 0 bridgehead atoms. The summed E-state index contributed by atoms with van der Waals surface area (Å²) in [5.74, 6) is 0. The third-order valence-electron chi connectivity index (χ3n) is 1.12. The highest BCUT2D eigenvalue weighted by Crippen LogP contribution is 2.11. The van der Waals surface area contributed by atoms with Crippen molar-refractivity contribution in [1.82, 2.24) is 0 Å². The lowest BCUT2D eigenvalue weighted by molar-refractivity contribution is 1.42. The number of hydrogen-bond acceptors (Lipinski definition) is 1. The predicted molar refractivity (Wildman–Crippen MR) is 41.8 cm³/mol. The summed E-state index contributed by atoms with van der Waals surface area (Å²) in [4.78, 5) is 0.877. The van der Waals surface area contributed by atoms with Crippen molar-refractivity contribution >= 4 is 18.3 Å². The Morgan fingerprint density at radius 1 is 1.44 bits per heavy atom. The molecule has 1 nitrogen and oxygen atoms in total. The van der Waals surface area contributed by atoms with Crippen molar-refractivity contribution in [3.05, 3.63) is 24.3 Å². The number of anilines is 1. The van der Waals surface area contributed by atoms with Gasteiger partial charge in [0.1, 0.15) is 0 Å². The van der Waals surface area contributed by atoms with E-state index in [1.807, 2.05) is 31.3 Å². The first-order chi connectivity index (χ1) is 4.33. The van der Waals surface area contributed by atoms with E-state index in [-0.39, 0.29) is 0 Å². The highest BCUT2D eigenvalue weighted by molar-refractivity contribution is 7.80. The van der Waals surface area contributed by atoms with Crippen LogP contribution in [0.5, 0.6) is 0 Å². The highest BCUT2D eigenvalue weighted by atomic mass is 32.1. The summed E-state index contributed by atoms with van der Waals surface area (Å²) >= 11 is 4.93. The molecule has 0 aliphatic heterocycles. The van der Waals surface area contributed by atoms with E-state index < -0.39 is 0 Å². The van der Waals surface area contributed by atoms with Crippen molar-refractivity contribution in [2.75, 3.05) is 12.4 Å². The SMILES string of the molecule is CNc1cccc([S])c1. The zero-order valence-electron chi connectivity index (χ0n) is 5.22. The first kappa shape index (κ1) is 6.36. The monoisotopic (exact) mass is 138 g/mol. The molecular formula is C7H8NS. The van der Waals surface area contributed by atoms with Crippen molar-refractivity contribution < 1.29 is 0 Å². The second-order valence-corrected chi connectivity index (χ2v) is 2.25. The quantitative estimate of drug-likeness (QED) is 0.627. The van der Waals surface area contributed by atoms with Crippen molar-refractivity contribution in [2.45, 2.75) is 4.90 Å². The van der Waals surface area contributed by atoms with Crippen LogP contribution in [0.4, 0.5) is 5.69 Å². The molecule has 0 aliphatic carbocycles.